The fourth-order valence-corrected chi connectivity index (χ4v) is 3.49. The summed E-state index contributed by atoms with van der Waals surface area (Å²) >= 11 is 0. The SMILES string of the molecule is CC1=C(C(=O)OC(C)C)[C@H](c2ccccc2)CC(=O)N1Cc1ccc(F)cc1. The van der Waals surface area contributed by atoms with E-state index in [2.05, 4.69) is 0 Å². The quantitative estimate of drug-likeness (QED) is 0.713. The van der Waals surface area contributed by atoms with Crippen LogP contribution in [0.2, 0.25) is 0 Å². The number of halogens is 1. The van der Waals surface area contributed by atoms with Gasteiger partial charge in [0.1, 0.15) is 5.82 Å². The third-order valence-corrected chi connectivity index (χ3v) is 4.84. The van der Waals surface area contributed by atoms with Crippen LogP contribution in [0.15, 0.2) is 65.9 Å². The van der Waals surface area contributed by atoms with E-state index in [0.29, 0.717) is 11.3 Å². The van der Waals surface area contributed by atoms with Crippen molar-refractivity contribution in [2.45, 2.75) is 45.8 Å². The average molecular weight is 381 g/mol. The second-order valence-electron chi connectivity index (χ2n) is 7.23. The summed E-state index contributed by atoms with van der Waals surface area (Å²) in [5, 5.41) is 0. The molecule has 1 amide bonds. The Morgan fingerprint density at radius 2 is 1.79 bits per heavy atom. The van der Waals surface area contributed by atoms with Crippen LogP contribution < -0.4 is 0 Å². The Bertz CT molecular complexity index is 888. The summed E-state index contributed by atoms with van der Waals surface area (Å²) in [6, 6.07) is 15.5. The van der Waals surface area contributed by atoms with Gasteiger partial charge in [0.2, 0.25) is 5.91 Å². The zero-order valence-electron chi connectivity index (χ0n) is 16.3. The first-order valence-electron chi connectivity index (χ1n) is 9.38. The maximum atomic E-state index is 13.2. The predicted molar refractivity (Wildman–Crippen MR) is 105 cm³/mol. The van der Waals surface area contributed by atoms with E-state index in [4.69, 9.17) is 4.74 Å². The van der Waals surface area contributed by atoms with Crippen LogP contribution in [0.3, 0.4) is 0 Å². The molecule has 0 saturated heterocycles. The van der Waals surface area contributed by atoms with Gasteiger partial charge in [-0.2, -0.15) is 0 Å². The minimum atomic E-state index is -0.405. The molecule has 0 bridgehead atoms. The van der Waals surface area contributed by atoms with Crippen molar-refractivity contribution in [2.24, 2.45) is 0 Å². The minimum absolute atomic E-state index is 0.0724. The number of hydrogen-bond acceptors (Lipinski definition) is 3. The molecule has 0 saturated carbocycles. The molecule has 0 unspecified atom stereocenters. The molecule has 5 heteroatoms. The van der Waals surface area contributed by atoms with Gasteiger partial charge in [0.15, 0.2) is 0 Å². The lowest BCUT2D eigenvalue weighted by Crippen LogP contribution is -2.38. The maximum Gasteiger partial charge on any atom is 0.336 e. The van der Waals surface area contributed by atoms with Gasteiger partial charge in [0.25, 0.3) is 0 Å². The number of benzene rings is 2. The average Bonchev–Trinajstić information content (AvgIpc) is 2.66. The van der Waals surface area contributed by atoms with Gasteiger partial charge in [-0.1, -0.05) is 42.5 Å². The van der Waals surface area contributed by atoms with E-state index in [1.807, 2.05) is 30.3 Å². The zero-order chi connectivity index (χ0) is 20.3. The largest absolute Gasteiger partial charge is 0.460 e. The van der Waals surface area contributed by atoms with Gasteiger partial charge in [0, 0.05) is 18.0 Å². The first-order chi connectivity index (χ1) is 13.4. The standard InChI is InChI=1S/C23H24FNO3/c1-15(2)28-23(27)22-16(3)25(14-17-9-11-19(24)12-10-17)21(26)13-20(22)18-7-5-4-6-8-18/h4-12,15,20H,13-14H2,1-3H3/t20-/m0/s1. The van der Waals surface area contributed by atoms with Crippen LogP contribution in [0.5, 0.6) is 0 Å². The third-order valence-electron chi connectivity index (χ3n) is 4.84. The Morgan fingerprint density at radius 1 is 1.14 bits per heavy atom. The Morgan fingerprint density at radius 3 is 2.39 bits per heavy atom. The monoisotopic (exact) mass is 381 g/mol. The van der Waals surface area contributed by atoms with Crippen molar-refractivity contribution >= 4 is 11.9 Å². The van der Waals surface area contributed by atoms with Crippen molar-refractivity contribution in [3.8, 4) is 0 Å². The van der Waals surface area contributed by atoms with Crippen LogP contribution in [-0.2, 0) is 20.9 Å². The molecule has 146 valence electrons. The highest BCUT2D eigenvalue weighted by molar-refractivity contribution is 5.96. The second-order valence-corrected chi connectivity index (χ2v) is 7.23. The summed E-state index contributed by atoms with van der Waals surface area (Å²) in [7, 11) is 0. The van der Waals surface area contributed by atoms with E-state index in [-0.39, 0.29) is 36.7 Å². The fourth-order valence-electron chi connectivity index (χ4n) is 3.49. The van der Waals surface area contributed by atoms with Gasteiger partial charge in [-0.25, -0.2) is 9.18 Å². The first kappa shape index (κ1) is 19.8. The molecule has 1 aliphatic heterocycles. The van der Waals surface area contributed by atoms with Gasteiger partial charge in [-0.3, -0.25) is 4.79 Å². The molecule has 0 radical (unpaired) electrons. The number of carbonyl (C=O) groups is 2. The number of hydrogen-bond donors (Lipinski definition) is 0. The van der Waals surface area contributed by atoms with E-state index in [1.54, 1.807) is 37.8 Å². The normalized spacial score (nSPS) is 17.2. The Hall–Kier alpha value is -2.95. The molecule has 28 heavy (non-hydrogen) atoms. The van der Waals surface area contributed by atoms with Gasteiger partial charge in [-0.15, -0.1) is 0 Å². The number of ether oxygens (including phenoxy) is 1. The summed E-state index contributed by atoms with van der Waals surface area (Å²) in [6.07, 6.45) is -0.0714. The van der Waals surface area contributed by atoms with Crippen LogP contribution >= 0.6 is 0 Å². The van der Waals surface area contributed by atoms with E-state index >= 15 is 0 Å². The summed E-state index contributed by atoms with van der Waals surface area (Å²) < 4.78 is 18.7. The number of esters is 1. The predicted octanol–water partition coefficient (Wildman–Crippen LogP) is 4.57. The number of carbonyl (C=O) groups excluding carboxylic acids is 2. The Kier molecular flexibility index (Phi) is 5.93. The maximum absolute atomic E-state index is 13.2. The van der Waals surface area contributed by atoms with Gasteiger partial charge >= 0.3 is 5.97 Å². The van der Waals surface area contributed by atoms with Crippen LogP contribution in [-0.4, -0.2) is 22.9 Å². The molecule has 4 nitrogen and oxygen atoms in total. The first-order valence-corrected chi connectivity index (χ1v) is 9.38. The number of rotatable bonds is 5. The molecule has 3 rings (SSSR count). The molecular weight excluding hydrogens is 357 g/mol. The van der Waals surface area contributed by atoms with Crippen molar-refractivity contribution in [1.29, 1.82) is 0 Å². The zero-order valence-corrected chi connectivity index (χ0v) is 16.3. The number of allylic oxidation sites excluding steroid dienone is 1. The smallest absolute Gasteiger partial charge is 0.336 e. The Labute approximate surface area is 164 Å². The minimum Gasteiger partial charge on any atom is -0.460 e. The molecule has 0 aliphatic carbocycles. The Balaban J connectivity index is 2.01. The van der Waals surface area contributed by atoms with Crippen molar-refractivity contribution in [3.05, 3.63) is 82.8 Å². The van der Waals surface area contributed by atoms with E-state index < -0.39 is 5.97 Å². The highest BCUT2D eigenvalue weighted by Crippen LogP contribution is 2.37. The van der Waals surface area contributed by atoms with E-state index in [1.165, 1.54) is 12.1 Å². The van der Waals surface area contributed by atoms with Gasteiger partial charge in [0.05, 0.1) is 18.2 Å². The summed E-state index contributed by atoms with van der Waals surface area (Å²) in [6.45, 7) is 5.66. The lowest BCUT2D eigenvalue weighted by Gasteiger charge is -2.34. The van der Waals surface area contributed by atoms with Crippen LogP contribution in [0.1, 0.15) is 44.2 Å². The highest BCUT2D eigenvalue weighted by Gasteiger charge is 2.37. The number of amides is 1. The van der Waals surface area contributed by atoms with E-state index in [0.717, 1.165) is 11.1 Å². The molecule has 1 aliphatic rings. The number of nitrogens with zero attached hydrogens (tertiary/aromatic N) is 1. The lowest BCUT2D eigenvalue weighted by atomic mass is 9.83. The fraction of sp³-hybridized carbons (Fsp3) is 0.304. The van der Waals surface area contributed by atoms with E-state index in [9.17, 15) is 14.0 Å². The molecule has 0 spiro atoms. The van der Waals surface area contributed by atoms with Gasteiger partial charge < -0.3 is 9.64 Å². The second kappa shape index (κ2) is 8.38. The molecule has 2 aromatic rings. The summed E-state index contributed by atoms with van der Waals surface area (Å²) in [4.78, 5) is 27.4. The van der Waals surface area contributed by atoms with Crippen molar-refractivity contribution in [1.82, 2.24) is 4.90 Å². The molecule has 0 aromatic heterocycles. The topological polar surface area (TPSA) is 46.6 Å². The van der Waals surface area contributed by atoms with Crippen molar-refractivity contribution < 1.29 is 18.7 Å². The molecular formula is C23H24FNO3. The molecule has 2 aromatic carbocycles. The van der Waals surface area contributed by atoms with Crippen LogP contribution in [0.4, 0.5) is 4.39 Å². The molecule has 0 fully saturated rings. The lowest BCUT2D eigenvalue weighted by molar-refractivity contribution is -0.143. The summed E-state index contributed by atoms with van der Waals surface area (Å²) in [5.74, 6) is -1.15. The molecule has 1 heterocycles. The van der Waals surface area contributed by atoms with Crippen LogP contribution in [0, 0.1) is 5.82 Å². The third kappa shape index (κ3) is 4.30. The van der Waals surface area contributed by atoms with Crippen molar-refractivity contribution in [3.63, 3.8) is 0 Å². The molecule has 0 N–H and O–H groups in total. The van der Waals surface area contributed by atoms with Gasteiger partial charge in [-0.05, 0) is 44.0 Å². The molecule has 1 atom stereocenters. The highest BCUT2D eigenvalue weighted by atomic mass is 19.1. The van der Waals surface area contributed by atoms with Crippen molar-refractivity contribution in [2.75, 3.05) is 0 Å². The van der Waals surface area contributed by atoms with Crippen LogP contribution in [0.25, 0.3) is 0 Å². The summed E-state index contributed by atoms with van der Waals surface area (Å²) in [5.41, 5.74) is 2.79.